The van der Waals surface area contributed by atoms with Crippen molar-refractivity contribution < 1.29 is 0 Å². The average molecular weight is 249 g/mol. The quantitative estimate of drug-likeness (QED) is 0.852. The van der Waals surface area contributed by atoms with Crippen molar-refractivity contribution in [1.29, 1.82) is 0 Å². The van der Waals surface area contributed by atoms with Crippen molar-refractivity contribution in [2.24, 2.45) is 0 Å². The van der Waals surface area contributed by atoms with Gasteiger partial charge in [0.2, 0.25) is 0 Å². The van der Waals surface area contributed by atoms with E-state index in [0.717, 1.165) is 37.7 Å². The summed E-state index contributed by atoms with van der Waals surface area (Å²) in [5.74, 6) is 1.00. The van der Waals surface area contributed by atoms with Crippen molar-refractivity contribution >= 4 is 5.82 Å². The van der Waals surface area contributed by atoms with E-state index in [0.29, 0.717) is 6.04 Å². The molecule has 5 heteroatoms. The third-order valence-corrected chi connectivity index (χ3v) is 3.64. The predicted octanol–water partition coefficient (Wildman–Crippen LogP) is 0.726. The van der Waals surface area contributed by atoms with Crippen LogP contribution in [0.5, 0.6) is 0 Å². The standard InChI is InChI=1S/C13H23N5/c1-4-12-10-18(8-7-17(12)3)13-6-5-11(9-14-2)15-16-13/h5-6,12,14H,4,7-10H2,1-3H3. The average Bonchev–Trinajstić information content (AvgIpc) is 2.41. The summed E-state index contributed by atoms with van der Waals surface area (Å²) >= 11 is 0. The largest absolute Gasteiger partial charge is 0.352 e. The van der Waals surface area contributed by atoms with Gasteiger partial charge in [-0.2, -0.15) is 5.10 Å². The van der Waals surface area contributed by atoms with Gasteiger partial charge in [-0.3, -0.25) is 4.90 Å². The number of nitrogens with one attached hydrogen (secondary N) is 1. The van der Waals surface area contributed by atoms with E-state index in [1.54, 1.807) is 0 Å². The fourth-order valence-electron chi connectivity index (χ4n) is 2.39. The van der Waals surface area contributed by atoms with Crippen molar-refractivity contribution in [2.45, 2.75) is 25.9 Å². The van der Waals surface area contributed by atoms with Crippen LogP contribution in [0.2, 0.25) is 0 Å². The van der Waals surface area contributed by atoms with Gasteiger partial charge in [-0.15, -0.1) is 5.10 Å². The number of aromatic nitrogens is 2. The van der Waals surface area contributed by atoms with Crippen molar-refractivity contribution in [3.8, 4) is 0 Å². The van der Waals surface area contributed by atoms with E-state index in [2.05, 4.69) is 51.4 Å². The van der Waals surface area contributed by atoms with Crippen molar-refractivity contribution in [3.63, 3.8) is 0 Å². The third kappa shape index (κ3) is 2.97. The minimum Gasteiger partial charge on any atom is -0.352 e. The van der Waals surface area contributed by atoms with Crippen LogP contribution in [0.25, 0.3) is 0 Å². The molecule has 100 valence electrons. The molecule has 1 aliphatic heterocycles. The van der Waals surface area contributed by atoms with Crippen LogP contribution in [0.1, 0.15) is 19.0 Å². The molecule has 0 radical (unpaired) electrons. The second-order valence-electron chi connectivity index (χ2n) is 4.90. The Labute approximate surface area is 109 Å². The van der Waals surface area contributed by atoms with Crippen molar-refractivity contribution in [2.75, 3.05) is 38.6 Å². The van der Waals surface area contributed by atoms with Crippen LogP contribution < -0.4 is 10.2 Å². The first kappa shape index (κ1) is 13.2. The van der Waals surface area contributed by atoms with E-state index in [1.165, 1.54) is 6.42 Å². The maximum atomic E-state index is 4.33. The summed E-state index contributed by atoms with van der Waals surface area (Å²) in [6.45, 7) is 6.19. The zero-order chi connectivity index (χ0) is 13.0. The molecule has 0 bridgehead atoms. The first-order valence-corrected chi connectivity index (χ1v) is 6.67. The molecule has 2 heterocycles. The van der Waals surface area contributed by atoms with Crippen LogP contribution in [-0.4, -0.2) is 54.9 Å². The second-order valence-corrected chi connectivity index (χ2v) is 4.90. The first-order chi connectivity index (χ1) is 8.74. The number of likely N-dealkylation sites (N-methyl/N-ethyl adjacent to an activating group) is 1. The molecule has 0 spiro atoms. The summed E-state index contributed by atoms with van der Waals surface area (Å²) in [6.07, 6.45) is 1.18. The second kappa shape index (κ2) is 6.11. The van der Waals surface area contributed by atoms with Crippen LogP contribution >= 0.6 is 0 Å². The molecule has 1 fully saturated rings. The Bertz CT molecular complexity index is 364. The van der Waals surface area contributed by atoms with Crippen LogP contribution in [0.4, 0.5) is 5.82 Å². The van der Waals surface area contributed by atoms with Gasteiger partial charge < -0.3 is 10.2 Å². The molecular formula is C13H23N5. The maximum absolute atomic E-state index is 4.33. The van der Waals surface area contributed by atoms with Gasteiger partial charge >= 0.3 is 0 Å². The highest BCUT2D eigenvalue weighted by molar-refractivity contribution is 5.38. The van der Waals surface area contributed by atoms with Gasteiger partial charge in [0.1, 0.15) is 0 Å². The first-order valence-electron chi connectivity index (χ1n) is 6.67. The summed E-state index contributed by atoms with van der Waals surface area (Å²) < 4.78 is 0. The number of piperazine rings is 1. The fourth-order valence-corrected chi connectivity index (χ4v) is 2.39. The molecule has 5 nitrogen and oxygen atoms in total. The van der Waals surface area contributed by atoms with Gasteiger partial charge in [-0.25, -0.2) is 0 Å². The highest BCUT2D eigenvalue weighted by Gasteiger charge is 2.23. The molecule has 1 unspecified atom stereocenters. The lowest BCUT2D eigenvalue weighted by Gasteiger charge is -2.39. The van der Waals surface area contributed by atoms with Gasteiger partial charge in [-0.1, -0.05) is 6.92 Å². The summed E-state index contributed by atoms with van der Waals surface area (Å²) in [4.78, 5) is 4.77. The molecule has 1 aromatic heterocycles. The molecule has 1 saturated heterocycles. The maximum Gasteiger partial charge on any atom is 0.151 e. The van der Waals surface area contributed by atoms with E-state index in [4.69, 9.17) is 0 Å². The highest BCUT2D eigenvalue weighted by atomic mass is 15.3. The fraction of sp³-hybridized carbons (Fsp3) is 0.692. The lowest BCUT2D eigenvalue weighted by atomic mass is 10.1. The molecule has 0 saturated carbocycles. The predicted molar refractivity (Wildman–Crippen MR) is 73.7 cm³/mol. The summed E-state index contributed by atoms with van der Waals surface area (Å²) in [7, 11) is 4.12. The summed E-state index contributed by atoms with van der Waals surface area (Å²) in [5.41, 5.74) is 0.988. The molecule has 2 rings (SSSR count). The van der Waals surface area contributed by atoms with Gasteiger partial charge in [0.15, 0.2) is 5.82 Å². The van der Waals surface area contributed by atoms with E-state index < -0.39 is 0 Å². The van der Waals surface area contributed by atoms with Crippen LogP contribution in [0.3, 0.4) is 0 Å². The molecule has 1 N–H and O–H groups in total. The normalized spacial score (nSPS) is 21.3. The van der Waals surface area contributed by atoms with Gasteiger partial charge in [-0.05, 0) is 32.6 Å². The Balaban J connectivity index is 2.02. The summed E-state index contributed by atoms with van der Waals surface area (Å²) in [5, 5.41) is 11.7. The number of hydrogen-bond donors (Lipinski definition) is 1. The zero-order valence-corrected chi connectivity index (χ0v) is 11.6. The van der Waals surface area contributed by atoms with Crippen molar-refractivity contribution in [3.05, 3.63) is 17.8 Å². The highest BCUT2D eigenvalue weighted by Crippen LogP contribution is 2.17. The van der Waals surface area contributed by atoms with E-state index in [9.17, 15) is 0 Å². The van der Waals surface area contributed by atoms with Crippen LogP contribution in [0.15, 0.2) is 12.1 Å². The third-order valence-electron chi connectivity index (χ3n) is 3.64. The molecular weight excluding hydrogens is 226 g/mol. The summed E-state index contributed by atoms with van der Waals surface area (Å²) in [6, 6.07) is 4.76. The topological polar surface area (TPSA) is 44.3 Å². The van der Waals surface area contributed by atoms with Gasteiger partial charge in [0.25, 0.3) is 0 Å². The molecule has 0 aromatic carbocycles. The Morgan fingerprint density at radius 3 is 2.78 bits per heavy atom. The van der Waals surface area contributed by atoms with Gasteiger partial charge in [0, 0.05) is 32.2 Å². The number of hydrogen-bond acceptors (Lipinski definition) is 5. The van der Waals surface area contributed by atoms with E-state index >= 15 is 0 Å². The molecule has 18 heavy (non-hydrogen) atoms. The minimum atomic E-state index is 0.623. The monoisotopic (exact) mass is 249 g/mol. The molecule has 0 amide bonds. The van der Waals surface area contributed by atoms with Crippen molar-refractivity contribution in [1.82, 2.24) is 20.4 Å². The molecule has 1 aromatic rings. The number of anilines is 1. The SMILES string of the molecule is CCC1CN(c2ccc(CNC)nn2)CCN1C. The number of rotatable bonds is 4. The van der Waals surface area contributed by atoms with Crippen LogP contribution in [-0.2, 0) is 6.54 Å². The smallest absolute Gasteiger partial charge is 0.151 e. The lowest BCUT2D eigenvalue weighted by Crippen LogP contribution is -2.51. The molecule has 1 aliphatic rings. The van der Waals surface area contributed by atoms with E-state index in [-0.39, 0.29) is 0 Å². The molecule has 0 aliphatic carbocycles. The van der Waals surface area contributed by atoms with Gasteiger partial charge in [0.05, 0.1) is 5.69 Å². The Kier molecular flexibility index (Phi) is 4.49. The van der Waals surface area contributed by atoms with Crippen LogP contribution in [0, 0.1) is 0 Å². The Hall–Kier alpha value is -1.20. The minimum absolute atomic E-state index is 0.623. The zero-order valence-electron chi connectivity index (χ0n) is 11.6. The Morgan fingerprint density at radius 2 is 2.17 bits per heavy atom. The number of nitrogens with zero attached hydrogens (tertiary/aromatic N) is 4. The van der Waals surface area contributed by atoms with E-state index in [1.807, 2.05) is 7.05 Å². The molecule has 1 atom stereocenters. The lowest BCUT2D eigenvalue weighted by molar-refractivity contribution is 0.212. The Morgan fingerprint density at radius 1 is 1.33 bits per heavy atom.